The SMILES string of the molecule is CC(CNc1cccnc1Cl)c1ccccc1. The number of nitrogens with zero attached hydrogens (tertiary/aromatic N) is 1. The van der Waals surface area contributed by atoms with E-state index in [9.17, 15) is 0 Å². The number of nitrogens with one attached hydrogen (secondary N) is 1. The Kier molecular flexibility index (Phi) is 3.99. The third kappa shape index (κ3) is 3.21. The van der Waals surface area contributed by atoms with Crippen molar-refractivity contribution in [3.8, 4) is 0 Å². The molecule has 1 heterocycles. The Bertz CT molecular complexity index is 471. The summed E-state index contributed by atoms with van der Waals surface area (Å²) < 4.78 is 0. The van der Waals surface area contributed by atoms with Crippen LogP contribution in [0, 0.1) is 0 Å². The zero-order chi connectivity index (χ0) is 12.1. The maximum atomic E-state index is 5.98. The van der Waals surface area contributed by atoms with Crippen LogP contribution >= 0.6 is 11.6 Å². The Labute approximate surface area is 107 Å². The molecule has 1 aromatic heterocycles. The molecular weight excluding hydrogens is 232 g/mol. The smallest absolute Gasteiger partial charge is 0.152 e. The highest BCUT2D eigenvalue weighted by Gasteiger charge is 2.05. The molecule has 88 valence electrons. The molecule has 2 aromatic rings. The molecule has 0 amide bonds. The summed E-state index contributed by atoms with van der Waals surface area (Å²) >= 11 is 5.98. The van der Waals surface area contributed by atoms with Gasteiger partial charge in [0.1, 0.15) is 0 Å². The molecule has 1 atom stereocenters. The number of anilines is 1. The van der Waals surface area contributed by atoms with Gasteiger partial charge in [0.05, 0.1) is 5.69 Å². The van der Waals surface area contributed by atoms with Gasteiger partial charge in [-0.3, -0.25) is 0 Å². The van der Waals surface area contributed by atoms with Gasteiger partial charge in [-0.15, -0.1) is 0 Å². The van der Waals surface area contributed by atoms with Crippen LogP contribution in [-0.4, -0.2) is 11.5 Å². The lowest BCUT2D eigenvalue weighted by atomic mass is 10.0. The molecule has 0 saturated heterocycles. The van der Waals surface area contributed by atoms with Crippen molar-refractivity contribution in [1.29, 1.82) is 0 Å². The summed E-state index contributed by atoms with van der Waals surface area (Å²) in [5.41, 5.74) is 2.21. The Morgan fingerprint density at radius 1 is 1.18 bits per heavy atom. The zero-order valence-corrected chi connectivity index (χ0v) is 10.5. The molecule has 2 rings (SSSR count). The number of hydrogen-bond acceptors (Lipinski definition) is 2. The van der Waals surface area contributed by atoms with Crippen LogP contribution in [0.4, 0.5) is 5.69 Å². The first-order valence-electron chi connectivity index (χ1n) is 5.66. The van der Waals surface area contributed by atoms with E-state index in [1.807, 2.05) is 18.2 Å². The molecular formula is C14H15ClN2. The van der Waals surface area contributed by atoms with Crippen molar-refractivity contribution < 1.29 is 0 Å². The molecule has 2 nitrogen and oxygen atoms in total. The van der Waals surface area contributed by atoms with Crippen LogP contribution in [0.3, 0.4) is 0 Å². The topological polar surface area (TPSA) is 24.9 Å². The first-order chi connectivity index (χ1) is 8.27. The van der Waals surface area contributed by atoms with Gasteiger partial charge in [0.15, 0.2) is 5.15 Å². The van der Waals surface area contributed by atoms with Crippen LogP contribution in [0.15, 0.2) is 48.7 Å². The number of pyridine rings is 1. The molecule has 0 bridgehead atoms. The number of rotatable bonds is 4. The van der Waals surface area contributed by atoms with Crippen molar-refractivity contribution in [2.45, 2.75) is 12.8 Å². The van der Waals surface area contributed by atoms with Gasteiger partial charge < -0.3 is 5.32 Å². The lowest BCUT2D eigenvalue weighted by Crippen LogP contribution is -2.10. The van der Waals surface area contributed by atoms with Gasteiger partial charge in [0.2, 0.25) is 0 Å². The summed E-state index contributed by atoms with van der Waals surface area (Å²) in [5.74, 6) is 0.437. The number of aromatic nitrogens is 1. The lowest BCUT2D eigenvalue weighted by molar-refractivity contribution is 0.804. The monoisotopic (exact) mass is 246 g/mol. The van der Waals surface area contributed by atoms with E-state index in [1.54, 1.807) is 6.20 Å². The molecule has 0 aliphatic heterocycles. The summed E-state index contributed by atoms with van der Waals surface area (Å²) in [6, 6.07) is 14.2. The van der Waals surface area contributed by atoms with E-state index < -0.39 is 0 Å². The van der Waals surface area contributed by atoms with Gasteiger partial charge in [-0.25, -0.2) is 4.98 Å². The molecule has 0 fully saturated rings. The summed E-state index contributed by atoms with van der Waals surface area (Å²) in [7, 11) is 0. The van der Waals surface area contributed by atoms with Gasteiger partial charge in [0, 0.05) is 12.7 Å². The van der Waals surface area contributed by atoms with Gasteiger partial charge in [-0.2, -0.15) is 0 Å². The van der Waals surface area contributed by atoms with Gasteiger partial charge >= 0.3 is 0 Å². The first kappa shape index (κ1) is 11.9. The first-order valence-corrected chi connectivity index (χ1v) is 6.04. The van der Waals surface area contributed by atoms with E-state index in [0.717, 1.165) is 12.2 Å². The van der Waals surface area contributed by atoms with E-state index in [-0.39, 0.29) is 0 Å². The Morgan fingerprint density at radius 2 is 1.94 bits per heavy atom. The minimum absolute atomic E-state index is 0.437. The Morgan fingerprint density at radius 3 is 2.65 bits per heavy atom. The summed E-state index contributed by atoms with van der Waals surface area (Å²) in [5, 5.41) is 3.84. The molecule has 0 radical (unpaired) electrons. The maximum absolute atomic E-state index is 5.98. The number of benzene rings is 1. The second kappa shape index (κ2) is 5.69. The van der Waals surface area contributed by atoms with Crippen LogP contribution in [-0.2, 0) is 0 Å². The van der Waals surface area contributed by atoms with E-state index >= 15 is 0 Å². The van der Waals surface area contributed by atoms with Crippen molar-refractivity contribution in [2.75, 3.05) is 11.9 Å². The van der Waals surface area contributed by atoms with E-state index in [1.165, 1.54) is 5.56 Å². The predicted molar refractivity (Wildman–Crippen MR) is 72.6 cm³/mol. The minimum atomic E-state index is 0.437. The zero-order valence-electron chi connectivity index (χ0n) is 9.73. The van der Waals surface area contributed by atoms with Crippen LogP contribution in [0.1, 0.15) is 18.4 Å². The largest absolute Gasteiger partial charge is 0.382 e. The van der Waals surface area contributed by atoms with Gasteiger partial charge in [-0.1, -0.05) is 48.9 Å². The van der Waals surface area contributed by atoms with Crippen molar-refractivity contribution in [3.05, 3.63) is 59.4 Å². The molecule has 1 unspecified atom stereocenters. The lowest BCUT2D eigenvalue weighted by Gasteiger charge is -2.14. The molecule has 3 heteroatoms. The fraction of sp³-hybridized carbons (Fsp3) is 0.214. The Balaban J connectivity index is 1.97. The van der Waals surface area contributed by atoms with Crippen molar-refractivity contribution >= 4 is 17.3 Å². The fourth-order valence-electron chi connectivity index (χ4n) is 1.68. The molecule has 0 aliphatic rings. The summed E-state index contributed by atoms with van der Waals surface area (Å²) in [6.07, 6.45) is 1.69. The summed E-state index contributed by atoms with van der Waals surface area (Å²) in [4.78, 5) is 4.03. The molecule has 17 heavy (non-hydrogen) atoms. The molecule has 0 aliphatic carbocycles. The fourth-order valence-corrected chi connectivity index (χ4v) is 1.87. The predicted octanol–water partition coefficient (Wildman–Crippen LogP) is 3.95. The van der Waals surface area contributed by atoms with E-state index in [4.69, 9.17) is 11.6 Å². The van der Waals surface area contributed by atoms with Crippen molar-refractivity contribution in [2.24, 2.45) is 0 Å². The summed E-state index contributed by atoms with van der Waals surface area (Å²) in [6.45, 7) is 3.03. The van der Waals surface area contributed by atoms with Crippen LogP contribution in [0.2, 0.25) is 5.15 Å². The molecule has 0 saturated carbocycles. The average Bonchev–Trinajstić information content (AvgIpc) is 2.38. The van der Waals surface area contributed by atoms with E-state index in [0.29, 0.717) is 11.1 Å². The maximum Gasteiger partial charge on any atom is 0.152 e. The molecule has 1 N–H and O–H groups in total. The standard InChI is InChI=1S/C14H15ClN2/c1-11(12-6-3-2-4-7-12)10-17-13-8-5-9-16-14(13)15/h2-9,11,17H,10H2,1H3. The highest BCUT2D eigenvalue weighted by molar-refractivity contribution is 6.31. The number of hydrogen-bond donors (Lipinski definition) is 1. The highest BCUT2D eigenvalue weighted by atomic mass is 35.5. The quantitative estimate of drug-likeness (QED) is 0.827. The third-order valence-corrected chi connectivity index (χ3v) is 3.03. The van der Waals surface area contributed by atoms with Crippen LogP contribution in [0.25, 0.3) is 0 Å². The van der Waals surface area contributed by atoms with E-state index in [2.05, 4.69) is 41.5 Å². The van der Waals surface area contributed by atoms with Crippen molar-refractivity contribution in [1.82, 2.24) is 4.98 Å². The van der Waals surface area contributed by atoms with Crippen LogP contribution in [0.5, 0.6) is 0 Å². The highest BCUT2D eigenvalue weighted by Crippen LogP contribution is 2.20. The third-order valence-electron chi connectivity index (χ3n) is 2.73. The number of halogens is 1. The normalized spacial score (nSPS) is 12.1. The van der Waals surface area contributed by atoms with Crippen molar-refractivity contribution in [3.63, 3.8) is 0 Å². The Hall–Kier alpha value is -1.54. The second-order valence-corrected chi connectivity index (χ2v) is 4.39. The molecule has 0 spiro atoms. The van der Waals surface area contributed by atoms with Gasteiger partial charge in [0.25, 0.3) is 0 Å². The average molecular weight is 247 g/mol. The molecule has 1 aromatic carbocycles. The minimum Gasteiger partial charge on any atom is -0.382 e. The van der Waals surface area contributed by atoms with Crippen LogP contribution < -0.4 is 5.32 Å². The second-order valence-electron chi connectivity index (χ2n) is 4.03. The van der Waals surface area contributed by atoms with Gasteiger partial charge in [-0.05, 0) is 23.6 Å².